The molecule has 0 bridgehead atoms. The minimum absolute atomic E-state index is 0. The number of carbonyl (C=O) groups is 1. The average Bonchev–Trinajstić information content (AvgIpc) is 2.26. The average molecular weight is 264 g/mol. The van der Waals surface area contributed by atoms with Crippen LogP contribution in [0.2, 0.25) is 0 Å². The van der Waals surface area contributed by atoms with E-state index in [1.807, 2.05) is 13.0 Å². The first-order valence-electron chi connectivity index (χ1n) is 6.49. The van der Waals surface area contributed by atoms with Crippen LogP contribution < -0.4 is 4.74 Å². The molecule has 0 spiro atoms. The van der Waals surface area contributed by atoms with Crippen LogP contribution in [-0.4, -0.2) is 12.9 Å². The highest BCUT2D eigenvalue weighted by molar-refractivity contribution is 5.79. The maximum Gasteiger partial charge on any atom is 0.133 e. The number of hydrogen-bond donors (Lipinski definition) is 0. The predicted octanol–water partition coefficient (Wildman–Crippen LogP) is 4.59. The molecule has 0 saturated carbocycles. The minimum atomic E-state index is -0.184. The Kier molecular flexibility index (Phi) is 6.28. The van der Waals surface area contributed by atoms with Gasteiger partial charge in [0.1, 0.15) is 11.5 Å². The molecule has 2 nitrogen and oxygen atoms in total. The van der Waals surface area contributed by atoms with Crippen molar-refractivity contribution >= 4 is 5.78 Å². The Balaban J connectivity index is 0.00000324. The first-order valence-corrected chi connectivity index (χ1v) is 6.49. The highest BCUT2D eigenvalue weighted by atomic mass is 16.5. The van der Waals surface area contributed by atoms with Crippen molar-refractivity contribution in [1.82, 2.24) is 0 Å². The van der Waals surface area contributed by atoms with Crippen molar-refractivity contribution in [3.8, 4) is 5.75 Å². The van der Waals surface area contributed by atoms with Gasteiger partial charge in [-0.15, -0.1) is 0 Å². The van der Waals surface area contributed by atoms with Crippen LogP contribution in [0.5, 0.6) is 5.75 Å². The third-order valence-electron chi connectivity index (χ3n) is 3.37. The van der Waals surface area contributed by atoms with Gasteiger partial charge in [-0.25, -0.2) is 0 Å². The fourth-order valence-corrected chi connectivity index (χ4v) is 2.66. The molecule has 0 aliphatic heterocycles. The lowest BCUT2D eigenvalue weighted by molar-refractivity contribution is -0.119. The Morgan fingerprint density at radius 1 is 1.26 bits per heavy atom. The van der Waals surface area contributed by atoms with Crippen molar-refractivity contribution in [1.29, 1.82) is 0 Å². The summed E-state index contributed by atoms with van der Waals surface area (Å²) in [6.45, 7) is 10.3. The quantitative estimate of drug-likeness (QED) is 0.777. The molecule has 0 aromatic heterocycles. The molecule has 1 rings (SSSR count). The number of benzene rings is 1. The second-order valence-corrected chi connectivity index (χ2v) is 5.61. The van der Waals surface area contributed by atoms with Crippen LogP contribution in [0.15, 0.2) is 12.1 Å². The molecule has 0 saturated heterocycles. The van der Waals surface area contributed by atoms with Crippen LogP contribution in [-0.2, 0) is 10.2 Å². The molecule has 1 aromatic rings. The number of ether oxygens (including phenoxy) is 1. The molecule has 0 unspecified atom stereocenters. The molecule has 2 heteroatoms. The highest BCUT2D eigenvalue weighted by Gasteiger charge is 2.28. The number of carbonyl (C=O) groups excluding carboxylic acids is 1. The van der Waals surface area contributed by atoms with Gasteiger partial charge in [0.05, 0.1) is 7.11 Å². The molecule has 108 valence electrons. The van der Waals surface area contributed by atoms with E-state index in [0.717, 1.165) is 11.3 Å². The minimum Gasteiger partial charge on any atom is -0.496 e. The summed E-state index contributed by atoms with van der Waals surface area (Å²) in [5, 5.41) is 0. The monoisotopic (exact) mass is 264 g/mol. The van der Waals surface area contributed by atoms with Crippen molar-refractivity contribution in [2.24, 2.45) is 0 Å². The summed E-state index contributed by atoms with van der Waals surface area (Å²) in [4.78, 5) is 11.7. The van der Waals surface area contributed by atoms with Crippen LogP contribution in [0, 0.1) is 13.8 Å². The van der Waals surface area contributed by atoms with Gasteiger partial charge in [-0.2, -0.15) is 0 Å². The van der Waals surface area contributed by atoms with E-state index in [1.165, 1.54) is 11.1 Å². The van der Waals surface area contributed by atoms with E-state index in [1.54, 1.807) is 7.11 Å². The number of ketones is 1. The Bertz CT molecular complexity index is 445. The second kappa shape index (κ2) is 6.74. The van der Waals surface area contributed by atoms with E-state index >= 15 is 0 Å². The zero-order valence-corrected chi connectivity index (χ0v) is 12.4. The molecule has 0 heterocycles. The molecular formula is C17H28O2. The summed E-state index contributed by atoms with van der Waals surface area (Å²) in [5.74, 6) is 1.18. The third kappa shape index (κ3) is 4.09. The summed E-state index contributed by atoms with van der Waals surface area (Å²) >= 11 is 0. The third-order valence-corrected chi connectivity index (χ3v) is 3.37. The topological polar surface area (TPSA) is 26.3 Å². The number of methoxy groups -OCH3 is 1. The van der Waals surface area contributed by atoms with E-state index in [4.69, 9.17) is 4.74 Å². The first kappa shape index (κ1) is 17.7. The van der Waals surface area contributed by atoms with Crippen molar-refractivity contribution in [2.45, 2.75) is 60.3 Å². The number of aryl methyl sites for hydroxylation is 2. The molecule has 0 radical (unpaired) electrons. The summed E-state index contributed by atoms with van der Waals surface area (Å²) in [6, 6.07) is 4.19. The first-order chi connectivity index (χ1) is 8.31. The van der Waals surface area contributed by atoms with Crippen LogP contribution in [0.25, 0.3) is 0 Å². The van der Waals surface area contributed by atoms with Crippen LogP contribution in [0.4, 0.5) is 0 Å². The van der Waals surface area contributed by atoms with Gasteiger partial charge in [0.15, 0.2) is 0 Å². The molecule has 0 aliphatic rings. The fourth-order valence-electron chi connectivity index (χ4n) is 2.66. The van der Waals surface area contributed by atoms with E-state index < -0.39 is 0 Å². The van der Waals surface area contributed by atoms with E-state index in [9.17, 15) is 4.79 Å². The van der Waals surface area contributed by atoms with Gasteiger partial charge in [0, 0.05) is 23.8 Å². The predicted molar refractivity (Wildman–Crippen MR) is 82.1 cm³/mol. The lowest BCUT2D eigenvalue weighted by atomic mass is 9.77. The van der Waals surface area contributed by atoms with Crippen LogP contribution in [0.3, 0.4) is 0 Å². The normalized spacial score (nSPS) is 10.8. The number of Topliss-reactive ketones (excluding diaryl/α,β-unsaturated/α-hetero) is 1. The lowest BCUT2D eigenvalue weighted by Crippen LogP contribution is -2.23. The highest BCUT2D eigenvalue weighted by Crippen LogP contribution is 2.37. The molecule has 1 aromatic carbocycles. The maximum absolute atomic E-state index is 11.7. The van der Waals surface area contributed by atoms with E-state index in [-0.39, 0.29) is 12.8 Å². The molecule has 0 aliphatic carbocycles. The van der Waals surface area contributed by atoms with Gasteiger partial charge >= 0.3 is 0 Å². The molecule has 0 atom stereocenters. The molecule has 19 heavy (non-hydrogen) atoms. The maximum atomic E-state index is 11.7. The van der Waals surface area contributed by atoms with Crippen molar-refractivity contribution in [2.75, 3.05) is 7.11 Å². The molecule has 0 fully saturated rings. The van der Waals surface area contributed by atoms with Gasteiger partial charge in [0.2, 0.25) is 0 Å². The number of rotatable bonds is 5. The standard InChI is InChI=1S/C16H24O2.CH4/c1-7-13(17)10-16(4,5)15-12(3)8-11(2)9-14(15)18-6;/h8-9H,7,10H2,1-6H3;1H4. The lowest BCUT2D eigenvalue weighted by Gasteiger charge is -2.28. The van der Waals surface area contributed by atoms with Crippen molar-refractivity contribution in [3.05, 3.63) is 28.8 Å². The van der Waals surface area contributed by atoms with Gasteiger partial charge < -0.3 is 4.74 Å². The molecular weight excluding hydrogens is 236 g/mol. The van der Waals surface area contributed by atoms with E-state index in [2.05, 4.69) is 33.8 Å². The largest absolute Gasteiger partial charge is 0.496 e. The Hall–Kier alpha value is -1.31. The second-order valence-electron chi connectivity index (χ2n) is 5.61. The summed E-state index contributed by atoms with van der Waals surface area (Å²) < 4.78 is 5.50. The SMILES string of the molecule is C.CCC(=O)CC(C)(C)c1c(C)cc(C)cc1OC. The van der Waals surface area contributed by atoms with Crippen LogP contribution >= 0.6 is 0 Å². The Morgan fingerprint density at radius 2 is 1.84 bits per heavy atom. The number of hydrogen-bond acceptors (Lipinski definition) is 2. The fraction of sp³-hybridized carbons (Fsp3) is 0.588. The molecule has 0 N–H and O–H groups in total. The van der Waals surface area contributed by atoms with Gasteiger partial charge in [-0.1, -0.05) is 34.3 Å². The molecule has 0 amide bonds. The Morgan fingerprint density at radius 3 is 2.32 bits per heavy atom. The Labute approximate surface area is 118 Å². The van der Waals surface area contributed by atoms with Crippen LogP contribution in [0.1, 0.15) is 57.7 Å². The zero-order chi connectivity index (χ0) is 13.9. The van der Waals surface area contributed by atoms with Gasteiger partial charge in [0.25, 0.3) is 0 Å². The van der Waals surface area contributed by atoms with Crippen molar-refractivity contribution in [3.63, 3.8) is 0 Å². The summed E-state index contributed by atoms with van der Waals surface area (Å²) in [7, 11) is 1.69. The van der Waals surface area contributed by atoms with Gasteiger partial charge in [-0.05, 0) is 31.0 Å². The zero-order valence-electron chi connectivity index (χ0n) is 12.4. The smallest absolute Gasteiger partial charge is 0.133 e. The van der Waals surface area contributed by atoms with Gasteiger partial charge in [-0.3, -0.25) is 4.79 Å². The summed E-state index contributed by atoms with van der Waals surface area (Å²) in [5.41, 5.74) is 3.35. The summed E-state index contributed by atoms with van der Waals surface area (Å²) in [6.07, 6.45) is 1.15. The van der Waals surface area contributed by atoms with E-state index in [0.29, 0.717) is 18.6 Å². The van der Waals surface area contributed by atoms with Crippen molar-refractivity contribution < 1.29 is 9.53 Å².